The summed E-state index contributed by atoms with van der Waals surface area (Å²) in [6.07, 6.45) is 0. The second kappa shape index (κ2) is 11.2. The number of hydrogen-bond acceptors (Lipinski definition) is 10. The molecule has 2 aromatic carbocycles. The Bertz CT molecular complexity index is 1420. The standard InChI is InChI=1S/C26H31N5O6S/c1-5-37-25(32)23-17(2)28-26(29-24(23)18-6-8-19(35-3)9-7-18)30-12-14-31(15-13-30)38(33,34)20-10-11-21(27)22(16-20)36-4/h6-11,16H,5,12-15,27H2,1-4H3. The van der Waals surface area contributed by atoms with Crippen molar-refractivity contribution in [1.29, 1.82) is 0 Å². The molecule has 0 aliphatic carbocycles. The average Bonchev–Trinajstić information content (AvgIpc) is 2.93. The lowest BCUT2D eigenvalue weighted by molar-refractivity contribution is 0.0525. The summed E-state index contributed by atoms with van der Waals surface area (Å²) in [6, 6.07) is 11.6. The van der Waals surface area contributed by atoms with E-state index in [2.05, 4.69) is 4.98 Å². The number of anilines is 2. The van der Waals surface area contributed by atoms with Crippen molar-refractivity contribution in [2.45, 2.75) is 18.7 Å². The molecule has 11 nitrogen and oxygen atoms in total. The quantitative estimate of drug-likeness (QED) is 0.335. The molecule has 0 radical (unpaired) electrons. The molecule has 2 N–H and O–H groups in total. The minimum absolute atomic E-state index is 0.115. The molecule has 1 aromatic heterocycles. The van der Waals surface area contributed by atoms with Gasteiger partial charge in [-0.25, -0.2) is 23.2 Å². The van der Waals surface area contributed by atoms with Crippen LogP contribution in [-0.4, -0.2) is 75.7 Å². The van der Waals surface area contributed by atoms with Gasteiger partial charge in [0.25, 0.3) is 0 Å². The molecule has 12 heteroatoms. The molecular weight excluding hydrogens is 510 g/mol. The molecule has 0 bridgehead atoms. The number of ether oxygens (including phenoxy) is 3. The number of rotatable bonds is 8. The molecule has 0 spiro atoms. The maximum Gasteiger partial charge on any atom is 0.342 e. The van der Waals surface area contributed by atoms with Gasteiger partial charge in [-0.15, -0.1) is 0 Å². The maximum atomic E-state index is 13.3. The summed E-state index contributed by atoms with van der Waals surface area (Å²) < 4.78 is 43.6. The highest BCUT2D eigenvalue weighted by molar-refractivity contribution is 7.89. The van der Waals surface area contributed by atoms with E-state index in [1.807, 2.05) is 17.0 Å². The van der Waals surface area contributed by atoms with Crippen molar-refractivity contribution >= 4 is 27.6 Å². The van der Waals surface area contributed by atoms with Gasteiger partial charge < -0.3 is 24.8 Å². The number of nitrogens with zero attached hydrogens (tertiary/aromatic N) is 4. The number of esters is 1. The van der Waals surface area contributed by atoms with Crippen molar-refractivity contribution in [3.05, 3.63) is 53.7 Å². The van der Waals surface area contributed by atoms with Crippen molar-refractivity contribution in [3.8, 4) is 22.8 Å². The van der Waals surface area contributed by atoms with Crippen LogP contribution in [0.1, 0.15) is 23.0 Å². The smallest absolute Gasteiger partial charge is 0.342 e. The molecule has 38 heavy (non-hydrogen) atoms. The first-order valence-corrected chi connectivity index (χ1v) is 13.5. The molecule has 0 unspecified atom stereocenters. The SMILES string of the molecule is CCOC(=O)c1c(C)nc(N2CCN(S(=O)(=O)c3ccc(N)c(OC)c3)CC2)nc1-c1ccc(OC)cc1. The van der Waals surface area contributed by atoms with E-state index >= 15 is 0 Å². The lowest BCUT2D eigenvalue weighted by atomic mass is 10.0. The molecule has 202 valence electrons. The third kappa shape index (κ3) is 5.36. The predicted molar refractivity (Wildman–Crippen MR) is 143 cm³/mol. The highest BCUT2D eigenvalue weighted by Gasteiger charge is 2.31. The van der Waals surface area contributed by atoms with Crippen molar-refractivity contribution in [1.82, 2.24) is 14.3 Å². The first-order chi connectivity index (χ1) is 18.2. The van der Waals surface area contributed by atoms with Crippen molar-refractivity contribution < 1.29 is 27.4 Å². The van der Waals surface area contributed by atoms with Crippen LogP contribution in [0, 0.1) is 6.92 Å². The monoisotopic (exact) mass is 541 g/mol. The zero-order chi connectivity index (χ0) is 27.4. The molecule has 0 saturated carbocycles. The minimum atomic E-state index is -3.75. The minimum Gasteiger partial charge on any atom is -0.497 e. The van der Waals surface area contributed by atoms with Crippen LogP contribution in [0.2, 0.25) is 0 Å². The van der Waals surface area contributed by atoms with Gasteiger partial charge in [0.1, 0.15) is 17.1 Å². The number of benzene rings is 2. The van der Waals surface area contributed by atoms with Crippen LogP contribution in [-0.2, 0) is 14.8 Å². The molecule has 1 aliphatic rings. The fourth-order valence-corrected chi connectivity index (χ4v) is 5.67. The molecule has 0 atom stereocenters. The summed E-state index contributed by atoms with van der Waals surface area (Å²) in [5, 5.41) is 0. The van der Waals surface area contributed by atoms with E-state index in [0.717, 1.165) is 0 Å². The number of carbonyl (C=O) groups is 1. The fraction of sp³-hybridized carbons (Fsp3) is 0.346. The Kier molecular flexibility index (Phi) is 8.02. The summed E-state index contributed by atoms with van der Waals surface area (Å²) in [5.41, 5.74) is 8.12. The molecule has 4 rings (SSSR count). The van der Waals surface area contributed by atoms with Gasteiger partial charge in [0.05, 0.1) is 42.8 Å². The van der Waals surface area contributed by atoms with E-state index in [1.54, 1.807) is 33.1 Å². The molecule has 1 saturated heterocycles. The van der Waals surface area contributed by atoms with E-state index in [-0.39, 0.29) is 24.6 Å². The van der Waals surface area contributed by atoms with Gasteiger partial charge in [-0.05, 0) is 50.2 Å². The lowest BCUT2D eigenvalue weighted by Gasteiger charge is -2.34. The van der Waals surface area contributed by atoms with Crippen LogP contribution in [0.15, 0.2) is 47.4 Å². The Morgan fingerprint density at radius 1 is 1.00 bits per heavy atom. The van der Waals surface area contributed by atoms with Gasteiger partial charge in [-0.2, -0.15) is 4.31 Å². The van der Waals surface area contributed by atoms with Crippen LogP contribution in [0.25, 0.3) is 11.3 Å². The second-order valence-corrected chi connectivity index (χ2v) is 10.5. The van der Waals surface area contributed by atoms with Crippen molar-refractivity contribution in [2.75, 3.05) is 57.6 Å². The molecule has 1 fully saturated rings. The number of aromatic nitrogens is 2. The van der Waals surface area contributed by atoms with Gasteiger partial charge >= 0.3 is 5.97 Å². The van der Waals surface area contributed by atoms with Crippen molar-refractivity contribution in [2.24, 2.45) is 0 Å². The van der Waals surface area contributed by atoms with Crippen LogP contribution < -0.4 is 20.1 Å². The number of nitrogens with two attached hydrogens (primary N) is 1. The van der Waals surface area contributed by atoms with Gasteiger partial charge in [-0.1, -0.05) is 0 Å². The van der Waals surface area contributed by atoms with Gasteiger partial charge in [0, 0.05) is 37.8 Å². The van der Waals surface area contributed by atoms with E-state index < -0.39 is 16.0 Å². The largest absolute Gasteiger partial charge is 0.497 e. The Morgan fingerprint density at radius 3 is 2.29 bits per heavy atom. The van der Waals surface area contributed by atoms with Crippen LogP contribution in [0.4, 0.5) is 11.6 Å². The maximum absolute atomic E-state index is 13.3. The number of carbonyl (C=O) groups excluding carboxylic acids is 1. The fourth-order valence-electron chi connectivity index (χ4n) is 4.23. The van der Waals surface area contributed by atoms with Crippen LogP contribution in [0.5, 0.6) is 11.5 Å². The Labute approximate surface area is 222 Å². The zero-order valence-electron chi connectivity index (χ0n) is 21.8. The highest BCUT2D eigenvalue weighted by Crippen LogP contribution is 2.30. The van der Waals surface area contributed by atoms with Gasteiger partial charge in [-0.3, -0.25) is 0 Å². The number of methoxy groups -OCH3 is 2. The summed E-state index contributed by atoms with van der Waals surface area (Å²) in [4.78, 5) is 24.1. The van der Waals surface area contributed by atoms with Crippen molar-refractivity contribution in [3.63, 3.8) is 0 Å². The topological polar surface area (TPSA) is 137 Å². The number of sulfonamides is 1. The zero-order valence-corrected chi connectivity index (χ0v) is 22.6. The highest BCUT2D eigenvalue weighted by atomic mass is 32.2. The van der Waals surface area contributed by atoms with E-state index in [4.69, 9.17) is 24.9 Å². The van der Waals surface area contributed by atoms with E-state index in [1.165, 1.54) is 29.6 Å². The third-order valence-electron chi connectivity index (χ3n) is 6.29. The van der Waals surface area contributed by atoms with Crippen LogP contribution >= 0.6 is 0 Å². The average molecular weight is 542 g/mol. The number of piperazine rings is 1. The lowest BCUT2D eigenvalue weighted by Crippen LogP contribution is -2.49. The summed E-state index contributed by atoms with van der Waals surface area (Å²) in [5.74, 6) is 0.889. The summed E-state index contributed by atoms with van der Waals surface area (Å²) in [6.45, 7) is 4.89. The van der Waals surface area contributed by atoms with E-state index in [9.17, 15) is 13.2 Å². The Balaban J connectivity index is 1.61. The number of aryl methyl sites for hydroxylation is 1. The number of hydrogen-bond donors (Lipinski definition) is 1. The molecule has 1 aliphatic heterocycles. The molecule has 2 heterocycles. The predicted octanol–water partition coefficient (Wildman–Crippen LogP) is 2.74. The van der Waals surface area contributed by atoms with Gasteiger partial charge in [0.2, 0.25) is 16.0 Å². The first kappa shape index (κ1) is 27.1. The molecule has 3 aromatic rings. The normalized spacial score (nSPS) is 14.3. The van der Waals surface area contributed by atoms with E-state index in [0.29, 0.717) is 58.7 Å². The Hall–Kier alpha value is -3.90. The summed E-state index contributed by atoms with van der Waals surface area (Å²) >= 11 is 0. The van der Waals surface area contributed by atoms with Gasteiger partial charge in [0.15, 0.2) is 0 Å². The Morgan fingerprint density at radius 2 is 1.68 bits per heavy atom. The van der Waals surface area contributed by atoms with Crippen LogP contribution in [0.3, 0.4) is 0 Å². The second-order valence-electron chi connectivity index (χ2n) is 8.58. The third-order valence-corrected chi connectivity index (χ3v) is 8.18. The first-order valence-electron chi connectivity index (χ1n) is 12.1. The number of nitrogen functional groups attached to an aromatic ring is 1. The summed E-state index contributed by atoms with van der Waals surface area (Å²) in [7, 11) is -0.730. The molecular formula is C26H31N5O6S. The molecule has 0 amide bonds.